The zero-order chi connectivity index (χ0) is 13.1. The molecule has 1 saturated heterocycles. The van der Waals surface area contributed by atoms with Gasteiger partial charge in [-0.3, -0.25) is 4.90 Å². The summed E-state index contributed by atoms with van der Waals surface area (Å²) in [6.45, 7) is 4.39. The Labute approximate surface area is 123 Å². The van der Waals surface area contributed by atoms with Crippen molar-refractivity contribution in [3.05, 3.63) is 21.8 Å². The smallest absolute Gasteiger partial charge is 0.0477 e. The molecule has 1 aromatic carbocycles. The predicted molar refractivity (Wildman–Crippen MR) is 86.0 cm³/mol. The van der Waals surface area contributed by atoms with Crippen molar-refractivity contribution in [2.75, 3.05) is 51.3 Å². The van der Waals surface area contributed by atoms with Crippen molar-refractivity contribution in [3.8, 4) is 0 Å². The van der Waals surface area contributed by atoms with Gasteiger partial charge in [0.2, 0.25) is 0 Å². The second-order valence-corrected chi connectivity index (χ2v) is 6.18. The number of nitrogens with zero attached hydrogens (tertiary/aromatic N) is 2. The minimum Gasteiger partial charge on any atom is -0.399 e. The summed E-state index contributed by atoms with van der Waals surface area (Å²) in [7, 11) is 4.39. The second-order valence-electron chi connectivity index (χ2n) is 5.02. The molecule has 0 aliphatic carbocycles. The van der Waals surface area contributed by atoms with E-state index in [2.05, 4.69) is 57.9 Å². The molecule has 0 bridgehead atoms. The highest BCUT2D eigenvalue weighted by atomic mass is 127. The average Bonchev–Trinajstić information content (AvgIpc) is 2.32. The van der Waals surface area contributed by atoms with Crippen LogP contribution in [0.4, 0.5) is 11.4 Å². The minimum absolute atomic E-state index is 0.567. The van der Waals surface area contributed by atoms with E-state index >= 15 is 0 Å². The van der Waals surface area contributed by atoms with Crippen molar-refractivity contribution in [1.29, 1.82) is 0 Å². The van der Waals surface area contributed by atoms with Gasteiger partial charge < -0.3 is 16.0 Å². The van der Waals surface area contributed by atoms with Crippen molar-refractivity contribution >= 4 is 34.0 Å². The van der Waals surface area contributed by atoms with Gasteiger partial charge >= 0.3 is 0 Å². The Bertz CT molecular complexity index is 410. The van der Waals surface area contributed by atoms with Crippen molar-refractivity contribution in [2.45, 2.75) is 6.04 Å². The van der Waals surface area contributed by atoms with Crippen LogP contribution in [-0.4, -0.2) is 56.1 Å². The first kappa shape index (κ1) is 13.9. The van der Waals surface area contributed by atoms with Crippen LogP contribution >= 0.6 is 22.6 Å². The molecule has 1 aromatic rings. The largest absolute Gasteiger partial charge is 0.399 e. The van der Waals surface area contributed by atoms with Gasteiger partial charge in [0.05, 0.1) is 0 Å². The summed E-state index contributed by atoms with van der Waals surface area (Å²) in [5.74, 6) is 0. The van der Waals surface area contributed by atoms with Gasteiger partial charge in [-0.15, -0.1) is 0 Å². The van der Waals surface area contributed by atoms with Crippen LogP contribution in [-0.2, 0) is 0 Å². The highest BCUT2D eigenvalue weighted by Crippen LogP contribution is 2.21. The van der Waals surface area contributed by atoms with E-state index < -0.39 is 0 Å². The van der Waals surface area contributed by atoms with Crippen molar-refractivity contribution in [1.82, 2.24) is 9.80 Å². The van der Waals surface area contributed by atoms with Crippen LogP contribution in [0.5, 0.6) is 0 Å². The number of likely N-dealkylation sites (N-methyl/N-ethyl adjacent to an activating group) is 2. The molecule has 1 fully saturated rings. The third-order valence-corrected chi connectivity index (χ3v) is 4.39. The molecule has 100 valence electrons. The molecule has 18 heavy (non-hydrogen) atoms. The summed E-state index contributed by atoms with van der Waals surface area (Å²) in [5.41, 5.74) is 7.75. The molecule has 1 unspecified atom stereocenters. The van der Waals surface area contributed by atoms with Crippen LogP contribution in [0, 0.1) is 3.57 Å². The Morgan fingerprint density at radius 2 is 2.17 bits per heavy atom. The second kappa shape index (κ2) is 6.08. The molecule has 0 aromatic heterocycles. The van der Waals surface area contributed by atoms with Crippen LogP contribution in [0.3, 0.4) is 0 Å². The highest BCUT2D eigenvalue weighted by molar-refractivity contribution is 14.1. The quantitative estimate of drug-likeness (QED) is 0.634. The number of anilines is 2. The number of piperazine rings is 1. The van der Waals surface area contributed by atoms with Gasteiger partial charge in [0.25, 0.3) is 0 Å². The lowest BCUT2D eigenvalue weighted by Crippen LogP contribution is -2.52. The average molecular weight is 360 g/mol. The Balaban J connectivity index is 1.94. The molecule has 1 heterocycles. The summed E-state index contributed by atoms with van der Waals surface area (Å²) in [5, 5.41) is 3.53. The van der Waals surface area contributed by atoms with Crippen LogP contribution in [0.15, 0.2) is 18.2 Å². The van der Waals surface area contributed by atoms with E-state index in [4.69, 9.17) is 5.73 Å². The Morgan fingerprint density at radius 1 is 1.39 bits per heavy atom. The standard InChI is InChI=1S/C13H21IN4/c1-17-5-6-18(2)11(9-17)8-16-13-4-3-10(15)7-12(13)14/h3-4,7,11,16H,5-6,8-9,15H2,1-2H3. The van der Waals surface area contributed by atoms with E-state index in [0.717, 1.165) is 31.9 Å². The van der Waals surface area contributed by atoms with E-state index in [9.17, 15) is 0 Å². The predicted octanol–water partition coefficient (Wildman–Crippen LogP) is 1.53. The zero-order valence-electron chi connectivity index (χ0n) is 11.0. The van der Waals surface area contributed by atoms with Crippen LogP contribution in [0.25, 0.3) is 0 Å². The topological polar surface area (TPSA) is 44.5 Å². The lowest BCUT2D eigenvalue weighted by Gasteiger charge is -2.38. The minimum atomic E-state index is 0.567. The molecule has 0 spiro atoms. The lowest BCUT2D eigenvalue weighted by atomic mass is 10.2. The SMILES string of the molecule is CN1CCN(C)C(CNc2ccc(N)cc2I)C1. The van der Waals surface area contributed by atoms with Crippen LogP contribution in [0.2, 0.25) is 0 Å². The summed E-state index contributed by atoms with van der Waals surface area (Å²) in [6, 6.07) is 6.57. The summed E-state index contributed by atoms with van der Waals surface area (Å²) in [6.07, 6.45) is 0. The molecule has 2 rings (SSSR count). The lowest BCUT2D eigenvalue weighted by molar-refractivity contribution is 0.122. The Kier molecular flexibility index (Phi) is 4.69. The fourth-order valence-electron chi connectivity index (χ4n) is 2.22. The molecular weight excluding hydrogens is 339 g/mol. The summed E-state index contributed by atoms with van der Waals surface area (Å²) < 4.78 is 1.18. The third-order valence-electron chi connectivity index (χ3n) is 3.50. The Morgan fingerprint density at radius 3 is 2.89 bits per heavy atom. The first-order chi connectivity index (χ1) is 8.56. The van der Waals surface area contributed by atoms with E-state index in [0.29, 0.717) is 6.04 Å². The van der Waals surface area contributed by atoms with Gasteiger partial charge in [0, 0.05) is 47.2 Å². The number of rotatable bonds is 3. The maximum absolute atomic E-state index is 5.76. The molecule has 1 aliphatic rings. The van der Waals surface area contributed by atoms with Gasteiger partial charge in [-0.2, -0.15) is 0 Å². The van der Waals surface area contributed by atoms with Gasteiger partial charge in [0.15, 0.2) is 0 Å². The number of hydrogen-bond donors (Lipinski definition) is 2. The molecule has 0 saturated carbocycles. The number of nitrogens with one attached hydrogen (secondary N) is 1. The van der Waals surface area contributed by atoms with Gasteiger partial charge in [-0.05, 0) is 54.9 Å². The number of nitrogen functional groups attached to an aromatic ring is 1. The molecule has 0 amide bonds. The molecule has 1 aliphatic heterocycles. The third kappa shape index (κ3) is 3.49. The molecule has 0 radical (unpaired) electrons. The number of benzene rings is 1. The summed E-state index contributed by atoms with van der Waals surface area (Å²) in [4.78, 5) is 4.82. The first-order valence-electron chi connectivity index (χ1n) is 6.24. The fraction of sp³-hybridized carbons (Fsp3) is 0.538. The van der Waals surface area contributed by atoms with Gasteiger partial charge in [-0.25, -0.2) is 0 Å². The van der Waals surface area contributed by atoms with Crippen molar-refractivity contribution in [2.24, 2.45) is 0 Å². The number of halogens is 1. The van der Waals surface area contributed by atoms with Gasteiger partial charge in [-0.1, -0.05) is 0 Å². The number of nitrogens with two attached hydrogens (primary N) is 1. The molecule has 5 heteroatoms. The van der Waals surface area contributed by atoms with Gasteiger partial charge in [0.1, 0.15) is 0 Å². The van der Waals surface area contributed by atoms with E-state index in [1.165, 1.54) is 9.26 Å². The van der Waals surface area contributed by atoms with Crippen molar-refractivity contribution < 1.29 is 0 Å². The zero-order valence-corrected chi connectivity index (χ0v) is 13.1. The molecule has 1 atom stereocenters. The van der Waals surface area contributed by atoms with Crippen LogP contribution in [0.1, 0.15) is 0 Å². The molecule has 4 nitrogen and oxygen atoms in total. The van der Waals surface area contributed by atoms with Crippen LogP contribution < -0.4 is 11.1 Å². The fourth-order valence-corrected chi connectivity index (χ4v) is 2.95. The maximum atomic E-state index is 5.76. The normalized spacial score (nSPS) is 22.1. The Hall–Kier alpha value is -0.530. The molecular formula is C13H21IN4. The van der Waals surface area contributed by atoms with Crippen molar-refractivity contribution in [3.63, 3.8) is 0 Å². The number of hydrogen-bond acceptors (Lipinski definition) is 4. The van der Waals surface area contributed by atoms with E-state index in [1.807, 2.05) is 12.1 Å². The summed E-state index contributed by atoms with van der Waals surface area (Å²) >= 11 is 2.32. The molecule has 3 N–H and O–H groups in total. The first-order valence-corrected chi connectivity index (χ1v) is 7.32. The highest BCUT2D eigenvalue weighted by Gasteiger charge is 2.21. The monoisotopic (exact) mass is 360 g/mol. The van der Waals surface area contributed by atoms with E-state index in [1.54, 1.807) is 0 Å². The maximum Gasteiger partial charge on any atom is 0.0477 e. The van der Waals surface area contributed by atoms with E-state index in [-0.39, 0.29) is 0 Å².